The Morgan fingerprint density at radius 3 is 2.89 bits per heavy atom. The molecule has 0 atom stereocenters. The SMILES string of the molecule is Cc1ccsc1-c1cnc(CNN2CCCCC2)s1. The quantitative estimate of drug-likeness (QED) is 0.932. The molecule has 0 bridgehead atoms. The van der Waals surface area contributed by atoms with Crippen molar-refractivity contribution in [3.8, 4) is 9.75 Å². The van der Waals surface area contributed by atoms with E-state index in [4.69, 9.17) is 0 Å². The summed E-state index contributed by atoms with van der Waals surface area (Å²) in [6.07, 6.45) is 6.00. The van der Waals surface area contributed by atoms with Gasteiger partial charge in [0, 0.05) is 24.2 Å². The number of thiophene rings is 1. The Morgan fingerprint density at radius 2 is 2.16 bits per heavy atom. The number of hydrogen-bond donors (Lipinski definition) is 1. The van der Waals surface area contributed by atoms with Crippen LogP contribution in [0.25, 0.3) is 9.75 Å². The average molecular weight is 293 g/mol. The van der Waals surface area contributed by atoms with Gasteiger partial charge in [-0.2, -0.15) is 0 Å². The third kappa shape index (κ3) is 3.23. The van der Waals surface area contributed by atoms with Gasteiger partial charge in [0.15, 0.2) is 0 Å². The first-order valence-corrected chi connectivity index (χ1v) is 8.50. The zero-order valence-electron chi connectivity index (χ0n) is 11.2. The molecule has 0 aromatic carbocycles. The lowest BCUT2D eigenvalue weighted by molar-refractivity contribution is 0.151. The number of piperidine rings is 1. The minimum absolute atomic E-state index is 0.856. The minimum atomic E-state index is 0.856. The van der Waals surface area contributed by atoms with Crippen LogP contribution in [-0.4, -0.2) is 23.1 Å². The summed E-state index contributed by atoms with van der Waals surface area (Å²) in [5.41, 5.74) is 4.85. The highest BCUT2D eigenvalue weighted by Crippen LogP contribution is 2.33. The van der Waals surface area contributed by atoms with E-state index in [2.05, 4.69) is 33.8 Å². The highest BCUT2D eigenvalue weighted by Gasteiger charge is 2.11. The highest BCUT2D eigenvalue weighted by atomic mass is 32.1. The van der Waals surface area contributed by atoms with Crippen LogP contribution in [0, 0.1) is 6.92 Å². The van der Waals surface area contributed by atoms with Gasteiger partial charge in [-0.05, 0) is 36.8 Å². The summed E-state index contributed by atoms with van der Waals surface area (Å²) < 4.78 is 0. The Kier molecular flexibility index (Phi) is 4.28. The lowest BCUT2D eigenvalue weighted by atomic mass is 10.2. The molecule has 2 aromatic rings. The number of aryl methyl sites for hydroxylation is 1. The number of hydrogen-bond acceptors (Lipinski definition) is 5. The molecule has 0 spiro atoms. The van der Waals surface area contributed by atoms with Gasteiger partial charge in [-0.15, -0.1) is 22.7 Å². The van der Waals surface area contributed by atoms with Crippen molar-refractivity contribution in [2.75, 3.05) is 13.1 Å². The molecule has 102 valence electrons. The smallest absolute Gasteiger partial charge is 0.108 e. The van der Waals surface area contributed by atoms with Gasteiger partial charge < -0.3 is 0 Å². The number of nitrogens with one attached hydrogen (secondary N) is 1. The molecule has 1 N–H and O–H groups in total. The monoisotopic (exact) mass is 293 g/mol. The summed E-state index contributed by atoms with van der Waals surface area (Å²) in [7, 11) is 0. The van der Waals surface area contributed by atoms with Gasteiger partial charge in [0.1, 0.15) is 5.01 Å². The van der Waals surface area contributed by atoms with Gasteiger partial charge in [-0.25, -0.2) is 15.4 Å². The molecule has 2 aromatic heterocycles. The Morgan fingerprint density at radius 1 is 1.32 bits per heavy atom. The second-order valence-electron chi connectivity index (χ2n) is 4.93. The Balaban J connectivity index is 1.60. The second kappa shape index (κ2) is 6.13. The molecule has 3 rings (SSSR count). The fourth-order valence-electron chi connectivity index (χ4n) is 2.35. The van der Waals surface area contributed by atoms with Crippen LogP contribution in [0.3, 0.4) is 0 Å². The molecule has 1 aliphatic rings. The van der Waals surface area contributed by atoms with Crippen LogP contribution < -0.4 is 5.43 Å². The van der Waals surface area contributed by atoms with Crippen molar-refractivity contribution >= 4 is 22.7 Å². The van der Waals surface area contributed by atoms with Crippen molar-refractivity contribution < 1.29 is 0 Å². The minimum Gasteiger partial charge on any atom is -0.248 e. The first kappa shape index (κ1) is 13.2. The summed E-state index contributed by atoms with van der Waals surface area (Å²) in [4.78, 5) is 7.19. The molecule has 1 saturated heterocycles. The summed E-state index contributed by atoms with van der Waals surface area (Å²) >= 11 is 3.61. The van der Waals surface area contributed by atoms with Gasteiger partial charge in [-0.3, -0.25) is 0 Å². The highest BCUT2D eigenvalue weighted by molar-refractivity contribution is 7.21. The van der Waals surface area contributed by atoms with Crippen LogP contribution >= 0.6 is 22.7 Å². The van der Waals surface area contributed by atoms with Crippen molar-refractivity contribution in [3.63, 3.8) is 0 Å². The van der Waals surface area contributed by atoms with Gasteiger partial charge in [0.25, 0.3) is 0 Å². The third-order valence-corrected chi connectivity index (χ3v) is 5.64. The fraction of sp³-hybridized carbons (Fsp3) is 0.500. The van der Waals surface area contributed by atoms with Gasteiger partial charge in [0.2, 0.25) is 0 Å². The van der Waals surface area contributed by atoms with Crippen LogP contribution in [0.2, 0.25) is 0 Å². The van der Waals surface area contributed by atoms with E-state index in [9.17, 15) is 0 Å². The number of aromatic nitrogens is 1. The second-order valence-corrected chi connectivity index (χ2v) is 6.96. The zero-order valence-corrected chi connectivity index (χ0v) is 12.8. The van der Waals surface area contributed by atoms with Crippen molar-refractivity contribution in [2.24, 2.45) is 0 Å². The van der Waals surface area contributed by atoms with E-state index in [-0.39, 0.29) is 0 Å². The van der Waals surface area contributed by atoms with E-state index in [1.807, 2.05) is 6.20 Å². The van der Waals surface area contributed by atoms with Gasteiger partial charge in [-0.1, -0.05) is 6.42 Å². The van der Waals surface area contributed by atoms with E-state index in [1.165, 1.54) is 52.7 Å². The van der Waals surface area contributed by atoms with Crippen molar-refractivity contribution in [1.82, 2.24) is 15.4 Å². The molecule has 1 fully saturated rings. The third-order valence-electron chi connectivity index (χ3n) is 3.45. The Hall–Kier alpha value is -0.750. The van der Waals surface area contributed by atoms with Gasteiger partial charge >= 0.3 is 0 Å². The summed E-state index contributed by atoms with van der Waals surface area (Å²) in [5, 5.41) is 5.66. The molecule has 19 heavy (non-hydrogen) atoms. The number of hydrazine groups is 1. The average Bonchev–Trinajstić information content (AvgIpc) is 3.06. The molecular formula is C14H19N3S2. The van der Waals surface area contributed by atoms with Crippen LogP contribution in [0.15, 0.2) is 17.6 Å². The van der Waals surface area contributed by atoms with Crippen molar-refractivity contribution in [3.05, 3.63) is 28.2 Å². The molecule has 0 aliphatic carbocycles. The zero-order chi connectivity index (χ0) is 13.1. The largest absolute Gasteiger partial charge is 0.248 e. The normalized spacial score (nSPS) is 16.9. The van der Waals surface area contributed by atoms with E-state index >= 15 is 0 Å². The number of nitrogens with zero attached hydrogens (tertiary/aromatic N) is 2. The number of thiazole rings is 1. The summed E-state index contributed by atoms with van der Waals surface area (Å²) in [6.45, 7) is 5.36. The molecular weight excluding hydrogens is 274 g/mol. The van der Waals surface area contributed by atoms with Crippen molar-refractivity contribution in [1.29, 1.82) is 0 Å². The maximum Gasteiger partial charge on any atom is 0.108 e. The van der Waals surface area contributed by atoms with Crippen LogP contribution in [0.1, 0.15) is 29.8 Å². The lowest BCUT2D eigenvalue weighted by Gasteiger charge is -2.26. The molecule has 0 saturated carbocycles. The Labute approximate surface area is 122 Å². The maximum atomic E-state index is 4.53. The molecule has 0 amide bonds. The predicted molar refractivity (Wildman–Crippen MR) is 82.4 cm³/mol. The van der Waals surface area contributed by atoms with E-state index in [1.54, 1.807) is 22.7 Å². The molecule has 5 heteroatoms. The molecule has 0 unspecified atom stereocenters. The topological polar surface area (TPSA) is 28.2 Å². The molecule has 0 radical (unpaired) electrons. The number of rotatable bonds is 4. The summed E-state index contributed by atoms with van der Waals surface area (Å²) in [5.74, 6) is 0. The Bertz CT molecular complexity index is 526. The lowest BCUT2D eigenvalue weighted by Crippen LogP contribution is -2.41. The van der Waals surface area contributed by atoms with Crippen LogP contribution in [0.5, 0.6) is 0 Å². The first-order valence-electron chi connectivity index (χ1n) is 6.80. The van der Waals surface area contributed by atoms with Crippen molar-refractivity contribution in [2.45, 2.75) is 32.7 Å². The molecule has 3 heterocycles. The van der Waals surface area contributed by atoms with Crippen LogP contribution in [-0.2, 0) is 6.54 Å². The predicted octanol–water partition coefficient (Wildman–Crippen LogP) is 3.67. The van der Waals surface area contributed by atoms with Gasteiger partial charge in [0.05, 0.1) is 11.4 Å². The van der Waals surface area contributed by atoms with E-state index in [0.717, 1.165) is 6.54 Å². The molecule has 1 aliphatic heterocycles. The van der Waals surface area contributed by atoms with Crippen LogP contribution in [0.4, 0.5) is 0 Å². The molecule has 3 nitrogen and oxygen atoms in total. The van der Waals surface area contributed by atoms with E-state index < -0.39 is 0 Å². The van der Waals surface area contributed by atoms with E-state index in [0.29, 0.717) is 0 Å². The maximum absolute atomic E-state index is 4.53. The summed E-state index contributed by atoms with van der Waals surface area (Å²) in [6, 6.07) is 2.17. The first-order chi connectivity index (χ1) is 9.33. The fourth-order valence-corrected chi connectivity index (χ4v) is 4.31. The standard InChI is InChI=1S/C14H19N3S2/c1-11-5-8-18-14(11)12-9-15-13(19-12)10-16-17-6-3-2-4-7-17/h5,8-9,16H,2-4,6-7,10H2,1H3.